The van der Waals surface area contributed by atoms with Crippen LogP contribution in [-0.2, 0) is 0 Å². The molecule has 1 fully saturated rings. The second-order valence-corrected chi connectivity index (χ2v) is 4.61. The van der Waals surface area contributed by atoms with E-state index in [1.165, 1.54) is 0 Å². The highest BCUT2D eigenvalue weighted by Crippen LogP contribution is 2.34. The Morgan fingerprint density at radius 1 is 1.53 bits per heavy atom. The molecule has 1 aliphatic rings. The molecule has 0 aromatic carbocycles. The van der Waals surface area contributed by atoms with Gasteiger partial charge in [0.05, 0.1) is 4.92 Å². The molecule has 92 valence electrons. The first kappa shape index (κ1) is 11.6. The number of nitrogen functional groups attached to an aromatic ring is 1. The van der Waals surface area contributed by atoms with Crippen LogP contribution in [-0.4, -0.2) is 20.4 Å². The molecule has 7 heteroatoms. The molecule has 1 aliphatic carbocycles. The topological polar surface area (TPSA) is 107 Å². The first-order chi connectivity index (χ1) is 8.00. The van der Waals surface area contributed by atoms with Crippen LogP contribution in [0.2, 0.25) is 0 Å². The van der Waals surface area contributed by atoms with Gasteiger partial charge in [-0.15, -0.1) is 0 Å². The maximum Gasteiger partial charge on any atom is 0.329 e. The minimum atomic E-state index is -0.500. The first-order valence-electron chi connectivity index (χ1n) is 5.55. The van der Waals surface area contributed by atoms with Crippen LogP contribution in [0.3, 0.4) is 0 Å². The number of hydrogen-bond acceptors (Lipinski definition) is 6. The molecular weight excluding hydrogens is 222 g/mol. The molecule has 1 aromatic rings. The lowest BCUT2D eigenvalue weighted by molar-refractivity contribution is -0.384. The van der Waals surface area contributed by atoms with E-state index in [9.17, 15) is 10.1 Å². The van der Waals surface area contributed by atoms with E-state index in [2.05, 4.69) is 15.3 Å². The van der Waals surface area contributed by atoms with E-state index >= 15 is 0 Å². The number of nitro groups is 1. The number of nitrogens with two attached hydrogens (primary N) is 1. The van der Waals surface area contributed by atoms with E-state index in [0.29, 0.717) is 0 Å². The highest BCUT2D eigenvalue weighted by molar-refractivity contribution is 5.57. The van der Waals surface area contributed by atoms with Crippen molar-refractivity contribution in [3.63, 3.8) is 0 Å². The summed E-state index contributed by atoms with van der Waals surface area (Å²) in [6.07, 6.45) is 5.35. The first-order valence-corrected chi connectivity index (χ1v) is 5.55. The van der Waals surface area contributed by atoms with Gasteiger partial charge in [-0.05, 0) is 19.8 Å². The van der Waals surface area contributed by atoms with Crippen LogP contribution in [0, 0.1) is 10.1 Å². The zero-order chi connectivity index (χ0) is 12.5. The molecule has 0 atom stereocenters. The second-order valence-electron chi connectivity index (χ2n) is 4.61. The lowest BCUT2D eigenvalue weighted by Gasteiger charge is -2.25. The highest BCUT2D eigenvalue weighted by atomic mass is 16.6. The molecule has 0 radical (unpaired) electrons. The van der Waals surface area contributed by atoms with E-state index in [1.807, 2.05) is 6.92 Å². The van der Waals surface area contributed by atoms with E-state index in [0.717, 1.165) is 31.9 Å². The average molecular weight is 237 g/mol. The fourth-order valence-corrected chi connectivity index (χ4v) is 2.18. The minimum Gasteiger partial charge on any atom is -0.368 e. The van der Waals surface area contributed by atoms with Crippen LogP contribution in [0.15, 0.2) is 6.20 Å². The van der Waals surface area contributed by atoms with Crippen LogP contribution in [0.4, 0.5) is 17.5 Å². The Balaban J connectivity index is 2.30. The fraction of sp³-hybridized carbons (Fsp3) is 0.600. The minimum absolute atomic E-state index is 0.0414. The molecule has 2 rings (SSSR count). The maximum absolute atomic E-state index is 10.9. The Morgan fingerprint density at radius 3 is 2.76 bits per heavy atom. The summed E-state index contributed by atoms with van der Waals surface area (Å²) in [4.78, 5) is 17.9. The number of nitrogens with zero attached hydrogens (tertiary/aromatic N) is 3. The van der Waals surface area contributed by atoms with Gasteiger partial charge < -0.3 is 11.1 Å². The van der Waals surface area contributed by atoms with Crippen molar-refractivity contribution in [2.75, 3.05) is 11.1 Å². The van der Waals surface area contributed by atoms with Gasteiger partial charge in [-0.3, -0.25) is 10.1 Å². The van der Waals surface area contributed by atoms with Crippen LogP contribution in [0.5, 0.6) is 0 Å². The quantitative estimate of drug-likeness (QED) is 0.612. The lowest BCUT2D eigenvalue weighted by atomic mass is 10.0. The van der Waals surface area contributed by atoms with Crippen molar-refractivity contribution in [1.29, 1.82) is 0 Å². The monoisotopic (exact) mass is 237 g/mol. The molecule has 3 N–H and O–H groups in total. The van der Waals surface area contributed by atoms with E-state index in [1.54, 1.807) is 0 Å². The van der Waals surface area contributed by atoms with E-state index in [-0.39, 0.29) is 23.0 Å². The summed E-state index contributed by atoms with van der Waals surface area (Å²) in [5, 5.41) is 14.0. The molecule has 1 heterocycles. The molecule has 0 aliphatic heterocycles. The molecule has 7 nitrogen and oxygen atoms in total. The van der Waals surface area contributed by atoms with Crippen LogP contribution in [0.1, 0.15) is 32.6 Å². The number of anilines is 2. The third kappa shape index (κ3) is 2.43. The van der Waals surface area contributed by atoms with Crippen molar-refractivity contribution < 1.29 is 4.92 Å². The van der Waals surface area contributed by atoms with Gasteiger partial charge in [-0.2, -0.15) is 4.98 Å². The maximum atomic E-state index is 10.9. The Morgan fingerprint density at radius 2 is 2.18 bits per heavy atom. The van der Waals surface area contributed by atoms with Gasteiger partial charge in [0.2, 0.25) is 11.8 Å². The van der Waals surface area contributed by atoms with Crippen LogP contribution >= 0.6 is 0 Å². The third-order valence-electron chi connectivity index (χ3n) is 3.11. The van der Waals surface area contributed by atoms with Gasteiger partial charge in [-0.25, -0.2) is 4.98 Å². The summed E-state index contributed by atoms with van der Waals surface area (Å²) >= 11 is 0. The summed E-state index contributed by atoms with van der Waals surface area (Å²) in [7, 11) is 0. The van der Waals surface area contributed by atoms with Crippen molar-refractivity contribution in [3.05, 3.63) is 16.3 Å². The Kier molecular flexibility index (Phi) is 2.83. The van der Waals surface area contributed by atoms with Crippen molar-refractivity contribution in [2.45, 2.75) is 38.1 Å². The lowest BCUT2D eigenvalue weighted by Crippen LogP contribution is -2.31. The SMILES string of the molecule is CC1(Nc2nc(N)ncc2[N+](=O)[O-])CCCC1. The zero-order valence-electron chi connectivity index (χ0n) is 9.64. The summed E-state index contributed by atoms with van der Waals surface area (Å²) in [5.41, 5.74) is 5.19. The Labute approximate surface area is 98.6 Å². The van der Waals surface area contributed by atoms with E-state index < -0.39 is 4.92 Å². The number of aromatic nitrogens is 2. The number of hydrogen-bond donors (Lipinski definition) is 2. The predicted octanol–water partition coefficient (Wildman–Crippen LogP) is 1.71. The molecule has 0 saturated heterocycles. The summed E-state index contributed by atoms with van der Waals surface area (Å²) in [6, 6.07) is 0. The van der Waals surface area contributed by atoms with Crippen molar-refractivity contribution in [2.24, 2.45) is 0 Å². The molecule has 0 amide bonds. The van der Waals surface area contributed by atoms with Gasteiger partial charge in [0.25, 0.3) is 0 Å². The molecule has 1 aromatic heterocycles. The third-order valence-corrected chi connectivity index (χ3v) is 3.11. The van der Waals surface area contributed by atoms with Crippen LogP contribution in [0.25, 0.3) is 0 Å². The molecule has 0 unspecified atom stereocenters. The molecule has 17 heavy (non-hydrogen) atoms. The fourth-order valence-electron chi connectivity index (χ4n) is 2.18. The number of nitrogens with one attached hydrogen (secondary N) is 1. The summed E-state index contributed by atoms with van der Waals surface area (Å²) in [5.74, 6) is 0.256. The smallest absolute Gasteiger partial charge is 0.329 e. The van der Waals surface area contributed by atoms with E-state index in [4.69, 9.17) is 5.73 Å². The standard InChI is InChI=1S/C10H15N5O2/c1-10(4-2-3-5-10)14-8-7(15(16)17)6-12-9(11)13-8/h6H,2-5H2,1H3,(H3,11,12,13,14). The normalized spacial score (nSPS) is 17.9. The second kappa shape index (κ2) is 4.15. The van der Waals surface area contributed by atoms with Crippen molar-refractivity contribution in [1.82, 2.24) is 9.97 Å². The van der Waals surface area contributed by atoms with Gasteiger partial charge in [0.15, 0.2) is 0 Å². The largest absolute Gasteiger partial charge is 0.368 e. The Hall–Kier alpha value is -1.92. The molecule has 1 saturated carbocycles. The number of rotatable bonds is 3. The van der Waals surface area contributed by atoms with Crippen LogP contribution < -0.4 is 11.1 Å². The molecular formula is C10H15N5O2. The predicted molar refractivity (Wildman–Crippen MR) is 63.6 cm³/mol. The zero-order valence-corrected chi connectivity index (χ0v) is 9.64. The van der Waals surface area contributed by atoms with Crippen molar-refractivity contribution in [3.8, 4) is 0 Å². The van der Waals surface area contributed by atoms with Gasteiger partial charge in [0.1, 0.15) is 6.20 Å². The van der Waals surface area contributed by atoms with Crippen molar-refractivity contribution >= 4 is 17.5 Å². The molecule has 0 bridgehead atoms. The Bertz CT molecular complexity index is 442. The van der Waals surface area contributed by atoms with Gasteiger partial charge in [-0.1, -0.05) is 12.8 Å². The van der Waals surface area contributed by atoms with Gasteiger partial charge >= 0.3 is 5.69 Å². The average Bonchev–Trinajstić information content (AvgIpc) is 2.64. The summed E-state index contributed by atoms with van der Waals surface area (Å²) < 4.78 is 0. The highest BCUT2D eigenvalue weighted by Gasteiger charge is 2.31. The molecule has 0 spiro atoms. The summed E-state index contributed by atoms with van der Waals surface area (Å²) in [6.45, 7) is 2.04. The van der Waals surface area contributed by atoms with Gasteiger partial charge in [0, 0.05) is 5.54 Å².